The van der Waals surface area contributed by atoms with Crippen molar-refractivity contribution in [3.8, 4) is 0 Å². The van der Waals surface area contributed by atoms with Gasteiger partial charge in [-0.2, -0.15) is 0 Å². The summed E-state index contributed by atoms with van der Waals surface area (Å²) in [5.74, 6) is 0.253. The molecule has 3 nitrogen and oxygen atoms in total. The third kappa shape index (κ3) is 12.7. The largest absolute Gasteiger partial charge is 0.393 e. The number of aliphatic hydroxyl groups is 2. The quantitative estimate of drug-likeness (QED) is 0.380. The SMILES string of the molecule is CCCCCCCCCCCC(C)C(O)CC(O)Cc1ccccn1.Cl. The van der Waals surface area contributed by atoms with Crippen LogP contribution in [0.5, 0.6) is 0 Å². The number of nitrogens with zero attached hydrogens (tertiary/aromatic N) is 1. The van der Waals surface area contributed by atoms with E-state index in [9.17, 15) is 10.2 Å². The Bertz CT molecular complexity index is 416. The molecule has 2 N–H and O–H groups in total. The lowest BCUT2D eigenvalue weighted by atomic mass is 9.92. The van der Waals surface area contributed by atoms with Crippen LogP contribution in [0.1, 0.15) is 90.2 Å². The molecule has 0 aliphatic heterocycles. The molecule has 0 aliphatic rings. The molecule has 0 fully saturated rings. The third-order valence-electron chi connectivity index (χ3n) is 5.10. The molecule has 1 aromatic rings. The molecule has 0 saturated carbocycles. The summed E-state index contributed by atoms with van der Waals surface area (Å²) in [7, 11) is 0. The Morgan fingerprint density at radius 3 is 2.12 bits per heavy atom. The van der Waals surface area contributed by atoms with Crippen molar-refractivity contribution in [2.75, 3.05) is 0 Å². The molecule has 0 spiro atoms. The lowest BCUT2D eigenvalue weighted by Gasteiger charge is -2.21. The van der Waals surface area contributed by atoms with E-state index in [-0.39, 0.29) is 18.3 Å². The first-order valence-corrected chi connectivity index (χ1v) is 10.4. The van der Waals surface area contributed by atoms with Crippen molar-refractivity contribution in [2.24, 2.45) is 5.92 Å². The van der Waals surface area contributed by atoms with E-state index in [0.717, 1.165) is 12.1 Å². The summed E-state index contributed by atoms with van der Waals surface area (Å²) < 4.78 is 0. The number of hydrogen-bond donors (Lipinski definition) is 2. The molecule has 3 unspecified atom stereocenters. The van der Waals surface area contributed by atoms with Crippen LogP contribution in [0.3, 0.4) is 0 Å². The Hall–Kier alpha value is -0.640. The maximum absolute atomic E-state index is 10.3. The number of aliphatic hydroxyl groups excluding tert-OH is 2. The maximum Gasteiger partial charge on any atom is 0.0620 e. The molecule has 1 aromatic heterocycles. The molecule has 1 rings (SSSR count). The van der Waals surface area contributed by atoms with Gasteiger partial charge in [0.05, 0.1) is 12.2 Å². The van der Waals surface area contributed by atoms with Gasteiger partial charge < -0.3 is 10.2 Å². The van der Waals surface area contributed by atoms with Crippen LogP contribution in [0, 0.1) is 5.92 Å². The zero-order chi connectivity index (χ0) is 18.3. The van der Waals surface area contributed by atoms with E-state index in [2.05, 4.69) is 18.8 Å². The maximum atomic E-state index is 10.3. The fourth-order valence-electron chi connectivity index (χ4n) is 3.32. The number of aromatic nitrogens is 1. The van der Waals surface area contributed by atoms with Gasteiger partial charge in [0.25, 0.3) is 0 Å². The molecule has 0 bridgehead atoms. The lowest BCUT2D eigenvalue weighted by molar-refractivity contribution is 0.0452. The van der Waals surface area contributed by atoms with Crippen molar-refractivity contribution in [1.29, 1.82) is 0 Å². The molecule has 0 saturated heterocycles. The average Bonchev–Trinajstić information content (AvgIpc) is 2.60. The van der Waals surface area contributed by atoms with Crippen molar-refractivity contribution in [2.45, 2.75) is 103 Å². The average molecular weight is 386 g/mol. The zero-order valence-corrected chi connectivity index (χ0v) is 17.6. The number of halogens is 1. The monoisotopic (exact) mass is 385 g/mol. The van der Waals surface area contributed by atoms with Crippen LogP contribution in [-0.4, -0.2) is 27.4 Å². The highest BCUT2D eigenvalue weighted by Gasteiger charge is 2.18. The minimum absolute atomic E-state index is 0. The van der Waals surface area contributed by atoms with E-state index < -0.39 is 12.2 Å². The van der Waals surface area contributed by atoms with Gasteiger partial charge in [-0.1, -0.05) is 77.7 Å². The topological polar surface area (TPSA) is 53.4 Å². The summed E-state index contributed by atoms with van der Waals surface area (Å²) in [6.07, 6.45) is 14.8. The molecule has 4 heteroatoms. The van der Waals surface area contributed by atoms with Crippen LogP contribution in [0.4, 0.5) is 0 Å². The number of unbranched alkanes of at least 4 members (excludes halogenated alkanes) is 8. The van der Waals surface area contributed by atoms with E-state index in [0.29, 0.717) is 12.8 Å². The van der Waals surface area contributed by atoms with Crippen LogP contribution >= 0.6 is 12.4 Å². The minimum atomic E-state index is -0.518. The van der Waals surface area contributed by atoms with E-state index in [1.165, 1.54) is 57.8 Å². The smallest absolute Gasteiger partial charge is 0.0620 e. The summed E-state index contributed by atoms with van der Waals surface area (Å²) in [4.78, 5) is 4.23. The summed E-state index contributed by atoms with van der Waals surface area (Å²) in [5, 5.41) is 20.5. The number of hydrogen-bond acceptors (Lipinski definition) is 3. The Morgan fingerprint density at radius 1 is 0.923 bits per heavy atom. The Labute approximate surface area is 167 Å². The van der Waals surface area contributed by atoms with Gasteiger partial charge in [0, 0.05) is 18.3 Å². The van der Waals surface area contributed by atoms with E-state index in [1.54, 1.807) is 6.20 Å². The fourth-order valence-corrected chi connectivity index (χ4v) is 3.32. The van der Waals surface area contributed by atoms with Crippen LogP contribution < -0.4 is 0 Å². The molecule has 0 aliphatic carbocycles. The van der Waals surface area contributed by atoms with Crippen molar-refractivity contribution in [3.63, 3.8) is 0 Å². The molecule has 3 atom stereocenters. The molecule has 0 radical (unpaired) electrons. The molecule has 0 aromatic carbocycles. The van der Waals surface area contributed by atoms with Gasteiger partial charge in [0.1, 0.15) is 0 Å². The highest BCUT2D eigenvalue weighted by molar-refractivity contribution is 5.85. The molecular weight excluding hydrogens is 346 g/mol. The number of rotatable bonds is 15. The Kier molecular flexibility index (Phi) is 16.1. The number of pyridine rings is 1. The van der Waals surface area contributed by atoms with Crippen molar-refractivity contribution >= 4 is 12.4 Å². The van der Waals surface area contributed by atoms with Gasteiger partial charge in [-0.05, 0) is 30.9 Å². The van der Waals surface area contributed by atoms with E-state index in [1.807, 2.05) is 18.2 Å². The molecule has 1 heterocycles. The summed E-state index contributed by atoms with van der Waals surface area (Å²) in [5.41, 5.74) is 0.883. The molecule has 26 heavy (non-hydrogen) atoms. The Balaban J connectivity index is 0.00000625. The van der Waals surface area contributed by atoms with Gasteiger partial charge in [-0.15, -0.1) is 12.4 Å². The molecule has 0 amide bonds. The second kappa shape index (κ2) is 16.5. The first kappa shape index (κ1) is 25.4. The van der Waals surface area contributed by atoms with Crippen LogP contribution in [0.15, 0.2) is 24.4 Å². The first-order chi connectivity index (χ1) is 12.1. The summed E-state index contributed by atoms with van der Waals surface area (Å²) in [6, 6.07) is 5.72. The van der Waals surface area contributed by atoms with E-state index >= 15 is 0 Å². The van der Waals surface area contributed by atoms with Gasteiger partial charge >= 0.3 is 0 Å². The van der Waals surface area contributed by atoms with Gasteiger partial charge in [-0.25, -0.2) is 0 Å². The molecular formula is C22H40ClNO2. The predicted octanol–water partition coefficient (Wildman–Crippen LogP) is 5.71. The fraction of sp³-hybridized carbons (Fsp3) is 0.773. The highest BCUT2D eigenvalue weighted by atomic mass is 35.5. The third-order valence-corrected chi connectivity index (χ3v) is 5.10. The van der Waals surface area contributed by atoms with Gasteiger partial charge in [0.15, 0.2) is 0 Å². The normalized spacial score (nSPS) is 14.5. The lowest BCUT2D eigenvalue weighted by Crippen LogP contribution is -2.25. The predicted molar refractivity (Wildman–Crippen MR) is 113 cm³/mol. The second-order valence-electron chi connectivity index (χ2n) is 7.58. The second-order valence-corrected chi connectivity index (χ2v) is 7.58. The van der Waals surface area contributed by atoms with Gasteiger partial charge in [-0.3, -0.25) is 4.98 Å². The molecule has 152 valence electrons. The summed E-state index contributed by atoms with van der Waals surface area (Å²) in [6.45, 7) is 4.36. The summed E-state index contributed by atoms with van der Waals surface area (Å²) >= 11 is 0. The standard InChI is InChI=1S/C22H39NO2.ClH/c1-3-4-5-6-7-8-9-10-11-14-19(2)22(25)18-21(24)17-20-15-12-13-16-23-20;/h12-13,15-16,19,21-22,24-25H,3-11,14,17-18H2,1-2H3;1H. The first-order valence-electron chi connectivity index (χ1n) is 10.4. The minimum Gasteiger partial charge on any atom is -0.393 e. The van der Waals surface area contributed by atoms with E-state index in [4.69, 9.17) is 0 Å². The Morgan fingerprint density at radius 2 is 1.54 bits per heavy atom. The van der Waals surface area contributed by atoms with Crippen molar-refractivity contribution in [3.05, 3.63) is 30.1 Å². The zero-order valence-electron chi connectivity index (χ0n) is 16.8. The highest BCUT2D eigenvalue weighted by Crippen LogP contribution is 2.19. The van der Waals surface area contributed by atoms with Gasteiger partial charge in [0.2, 0.25) is 0 Å². The van der Waals surface area contributed by atoms with Crippen LogP contribution in [0.2, 0.25) is 0 Å². The van der Waals surface area contributed by atoms with Crippen LogP contribution in [-0.2, 0) is 6.42 Å². The van der Waals surface area contributed by atoms with Crippen LogP contribution in [0.25, 0.3) is 0 Å². The van der Waals surface area contributed by atoms with Crippen molar-refractivity contribution < 1.29 is 10.2 Å². The van der Waals surface area contributed by atoms with Crippen molar-refractivity contribution in [1.82, 2.24) is 4.98 Å².